The fourth-order valence-electron chi connectivity index (χ4n) is 3.51. The summed E-state index contributed by atoms with van der Waals surface area (Å²) in [7, 11) is -3.71. The number of sulfonamides is 1. The van der Waals surface area contributed by atoms with Crippen molar-refractivity contribution in [3.05, 3.63) is 71.8 Å². The molecule has 6 heteroatoms. The summed E-state index contributed by atoms with van der Waals surface area (Å²) < 4.78 is 27.3. The molecule has 2 atom stereocenters. The lowest BCUT2D eigenvalue weighted by molar-refractivity contribution is 0.101. The molecule has 1 N–H and O–H groups in total. The van der Waals surface area contributed by atoms with Crippen molar-refractivity contribution in [3.8, 4) is 0 Å². The Bertz CT molecular complexity index is 1010. The van der Waals surface area contributed by atoms with Gasteiger partial charge in [0.15, 0.2) is 5.78 Å². The predicted molar refractivity (Wildman–Crippen MR) is 110 cm³/mol. The third-order valence-electron chi connectivity index (χ3n) is 5.60. The molecule has 0 spiro atoms. The number of hydrogen-bond donors (Lipinski definition) is 1. The van der Waals surface area contributed by atoms with Gasteiger partial charge < -0.3 is 5.11 Å². The zero-order chi connectivity index (χ0) is 20.7. The van der Waals surface area contributed by atoms with E-state index in [1.54, 1.807) is 48.5 Å². The number of aryl methyl sites for hydroxylation is 1. The van der Waals surface area contributed by atoms with Gasteiger partial charge in [-0.25, -0.2) is 8.42 Å². The highest BCUT2D eigenvalue weighted by atomic mass is 32.2. The van der Waals surface area contributed by atoms with Crippen molar-refractivity contribution in [1.29, 1.82) is 0 Å². The van der Waals surface area contributed by atoms with Gasteiger partial charge in [-0.2, -0.15) is 4.31 Å². The molecular formula is C22H25NO4S. The summed E-state index contributed by atoms with van der Waals surface area (Å²) in [5.41, 5.74) is 2.18. The second kappa shape index (κ2) is 7.28. The molecule has 1 aliphatic rings. The van der Waals surface area contributed by atoms with E-state index >= 15 is 0 Å². The minimum absolute atomic E-state index is 0.0112. The topological polar surface area (TPSA) is 74.7 Å². The Morgan fingerprint density at radius 2 is 1.64 bits per heavy atom. The van der Waals surface area contributed by atoms with Gasteiger partial charge >= 0.3 is 0 Å². The molecule has 0 unspecified atom stereocenters. The van der Waals surface area contributed by atoms with Crippen LogP contribution >= 0.6 is 0 Å². The molecule has 2 aromatic rings. The lowest BCUT2D eigenvalue weighted by Gasteiger charge is -2.30. The number of carbonyl (C=O) groups is 1. The zero-order valence-corrected chi connectivity index (χ0v) is 17.2. The van der Waals surface area contributed by atoms with E-state index in [4.69, 9.17) is 0 Å². The van der Waals surface area contributed by atoms with E-state index in [0.29, 0.717) is 11.1 Å². The molecule has 0 bridgehead atoms. The average Bonchev–Trinajstić information content (AvgIpc) is 2.98. The summed E-state index contributed by atoms with van der Waals surface area (Å²) in [5.74, 6) is -0.0281. The fourth-order valence-corrected chi connectivity index (χ4v) is 5.06. The first-order valence-corrected chi connectivity index (χ1v) is 10.6. The highest BCUT2D eigenvalue weighted by Crippen LogP contribution is 2.43. The van der Waals surface area contributed by atoms with Crippen molar-refractivity contribution < 1.29 is 18.3 Å². The summed E-state index contributed by atoms with van der Waals surface area (Å²) in [6, 6.07) is 13.7. The van der Waals surface area contributed by atoms with Gasteiger partial charge in [-0.3, -0.25) is 4.79 Å². The largest absolute Gasteiger partial charge is 0.391 e. The molecule has 0 amide bonds. The summed E-state index contributed by atoms with van der Waals surface area (Å²) in [6.07, 6.45) is -0.882. The first-order chi connectivity index (χ1) is 13.1. The molecule has 148 valence electrons. The summed E-state index contributed by atoms with van der Waals surface area (Å²) in [6.45, 7) is 9.51. The van der Waals surface area contributed by atoms with Crippen molar-refractivity contribution in [3.63, 3.8) is 0 Å². The van der Waals surface area contributed by atoms with Crippen LogP contribution in [-0.2, 0) is 10.0 Å². The zero-order valence-electron chi connectivity index (χ0n) is 16.3. The van der Waals surface area contributed by atoms with Gasteiger partial charge in [0.1, 0.15) is 0 Å². The maximum atomic E-state index is 13.0. The number of carbonyl (C=O) groups excluding carboxylic acids is 1. The van der Waals surface area contributed by atoms with Gasteiger partial charge in [-0.15, -0.1) is 0 Å². The van der Waals surface area contributed by atoms with E-state index in [1.807, 2.05) is 13.8 Å². The molecule has 28 heavy (non-hydrogen) atoms. The van der Waals surface area contributed by atoms with Crippen LogP contribution in [0, 0.1) is 12.3 Å². The Kier molecular flexibility index (Phi) is 5.32. The van der Waals surface area contributed by atoms with Crippen molar-refractivity contribution in [2.75, 3.05) is 13.1 Å². The van der Waals surface area contributed by atoms with Crippen LogP contribution in [0.3, 0.4) is 0 Å². The number of ketones is 1. The average molecular weight is 400 g/mol. The van der Waals surface area contributed by atoms with Crippen LogP contribution in [-0.4, -0.2) is 42.8 Å². The number of aliphatic hydroxyl groups excluding tert-OH is 1. The van der Waals surface area contributed by atoms with Crippen LogP contribution < -0.4 is 0 Å². The molecule has 1 saturated heterocycles. The number of nitrogens with zero attached hydrogens (tertiary/aromatic N) is 1. The summed E-state index contributed by atoms with van der Waals surface area (Å²) >= 11 is 0. The second-order valence-electron chi connectivity index (χ2n) is 7.66. The standard InChI is InChI=1S/C22H25NO4S/c1-15-5-11-20(12-6-15)28(26,27)23-13-21(25)22(4,14-23)16(2)18-7-9-19(10-8-18)17(3)24/h5-12,21,25H,2,13-14H2,1,3-4H3/t21-,22-/m1/s1. The molecule has 1 heterocycles. The van der Waals surface area contributed by atoms with Gasteiger partial charge in [0, 0.05) is 24.1 Å². The van der Waals surface area contributed by atoms with Crippen LogP contribution in [0.2, 0.25) is 0 Å². The van der Waals surface area contributed by atoms with Crippen LogP contribution in [0.1, 0.15) is 35.3 Å². The molecular weight excluding hydrogens is 374 g/mol. The number of β-amino-alcohol motifs (C(OH)–C–C–N with tert-alkyl or cyclic N) is 1. The Morgan fingerprint density at radius 3 is 2.18 bits per heavy atom. The van der Waals surface area contributed by atoms with E-state index in [0.717, 1.165) is 11.1 Å². The highest BCUT2D eigenvalue weighted by Gasteiger charge is 2.48. The van der Waals surface area contributed by atoms with Crippen LogP contribution in [0.15, 0.2) is 60.0 Å². The number of Topliss-reactive ketones (excluding diaryl/α,β-unsaturated/α-hetero) is 1. The number of aliphatic hydroxyl groups is 1. The van der Waals surface area contributed by atoms with E-state index in [-0.39, 0.29) is 23.8 Å². The van der Waals surface area contributed by atoms with E-state index in [1.165, 1.54) is 11.2 Å². The van der Waals surface area contributed by atoms with Crippen LogP contribution in [0.4, 0.5) is 0 Å². The van der Waals surface area contributed by atoms with E-state index in [2.05, 4.69) is 6.58 Å². The second-order valence-corrected chi connectivity index (χ2v) is 9.59. The van der Waals surface area contributed by atoms with E-state index in [9.17, 15) is 18.3 Å². The van der Waals surface area contributed by atoms with Crippen LogP contribution in [0.5, 0.6) is 0 Å². The molecule has 3 rings (SSSR count). The van der Waals surface area contributed by atoms with Crippen molar-refractivity contribution >= 4 is 21.4 Å². The number of benzene rings is 2. The number of hydrogen-bond acceptors (Lipinski definition) is 4. The Hall–Kier alpha value is -2.28. The first-order valence-electron chi connectivity index (χ1n) is 9.11. The normalized spacial score (nSPS) is 22.9. The maximum Gasteiger partial charge on any atom is 0.243 e. The van der Waals surface area contributed by atoms with Crippen molar-refractivity contribution in [2.24, 2.45) is 5.41 Å². The highest BCUT2D eigenvalue weighted by molar-refractivity contribution is 7.89. The molecule has 0 aromatic heterocycles. The predicted octanol–water partition coefficient (Wildman–Crippen LogP) is 3.28. The van der Waals surface area contributed by atoms with Crippen molar-refractivity contribution in [2.45, 2.75) is 31.8 Å². The lowest BCUT2D eigenvalue weighted by atomic mass is 9.77. The maximum absolute atomic E-state index is 13.0. The van der Waals surface area contributed by atoms with Crippen molar-refractivity contribution in [1.82, 2.24) is 4.31 Å². The molecule has 1 fully saturated rings. The monoisotopic (exact) mass is 399 g/mol. The Labute approximate surface area is 166 Å². The molecule has 2 aromatic carbocycles. The fraction of sp³-hybridized carbons (Fsp3) is 0.318. The molecule has 0 saturated carbocycles. The molecule has 0 radical (unpaired) electrons. The molecule has 1 aliphatic heterocycles. The van der Waals surface area contributed by atoms with E-state index < -0.39 is 21.5 Å². The van der Waals surface area contributed by atoms with Gasteiger partial charge in [-0.05, 0) is 37.1 Å². The minimum Gasteiger partial charge on any atom is -0.391 e. The smallest absolute Gasteiger partial charge is 0.243 e. The molecule has 5 nitrogen and oxygen atoms in total. The van der Waals surface area contributed by atoms with Gasteiger partial charge in [0.05, 0.1) is 11.0 Å². The minimum atomic E-state index is -3.71. The summed E-state index contributed by atoms with van der Waals surface area (Å²) in [5, 5.41) is 10.7. The SMILES string of the molecule is C=C(c1ccc(C(C)=O)cc1)[C@@]1(C)CN(S(=O)(=O)c2ccc(C)cc2)C[C@H]1O. The Balaban J connectivity index is 1.87. The third kappa shape index (κ3) is 3.55. The third-order valence-corrected chi connectivity index (χ3v) is 7.43. The summed E-state index contributed by atoms with van der Waals surface area (Å²) in [4.78, 5) is 11.7. The number of rotatable bonds is 5. The quantitative estimate of drug-likeness (QED) is 0.783. The van der Waals surface area contributed by atoms with Gasteiger partial charge in [0.2, 0.25) is 10.0 Å². The lowest BCUT2D eigenvalue weighted by Crippen LogP contribution is -2.32. The van der Waals surface area contributed by atoms with Gasteiger partial charge in [-0.1, -0.05) is 55.5 Å². The Morgan fingerprint density at radius 1 is 1.11 bits per heavy atom. The van der Waals surface area contributed by atoms with Crippen LogP contribution in [0.25, 0.3) is 5.57 Å². The first kappa shape index (κ1) is 20.5. The van der Waals surface area contributed by atoms with Gasteiger partial charge in [0.25, 0.3) is 0 Å². The molecule has 0 aliphatic carbocycles.